The molecule has 0 aliphatic carbocycles. The van der Waals surface area contributed by atoms with Gasteiger partial charge in [-0.05, 0) is 38.1 Å². The summed E-state index contributed by atoms with van der Waals surface area (Å²) in [4.78, 5) is 0. The summed E-state index contributed by atoms with van der Waals surface area (Å²) in [5.41, 5.74) is -0.349. The van der Waals surface area contributed by atoms with E-state index in [1.807, 2.05) is 31.2 Å². The molecule has 0 unspecified atom stereocenters. The summed E-state index contributed by atoms with van der Waals surface area (Å²) >= 11 is 0. The molecule has 0 spiro atoms. The van der Waals surface area contributed by atoms with Crippen molar-refractivity contribution in [3.8, 4) is 5.75 Å². The molecular formula is C18H21NO4. The van der Waals surface area contributed by atoms with E-state index in [1.54, 1.807) is 32.4 Å². The number of benzene rings is 1. The molecule has 0 fully saturated rings. The number of aliphatic hydroxyl groups is 1. The van der Waals surface area contributed by atoms with E-state index in [9.17, 15) is 5.11 Å². The van der Waals surface area contributed by atoms with Gasteiger partial charge >= 0.3 is 0 Å². The lowest BCUT2D eigenvalue weighted by molar-refractivity contribution is 0.0315. The van der Waals surface area contributed by atoms with E-state index in [4.69, 9.17) is 13.6 Å². The van der Waals surface area contributed by atoms with Crippen LogP contribution in [0.1, 0.15) is 31.4 Å². The van der Waals surface area contributed by atoms with Crippen LogP contribution in [0.5, 0.6) is 5.75 Å². The Labute approximate surface area is 134 Å². The second-order valence-corrected chi connectivity index (χ2v) is 5.88. The van der Waals surface area contributed by atoms with E-state index in [0.717, 1.165) is 16.7 Å². The zero-order chi connectivity index (χ0) is 16.4. The smallest absolute Gasteiger partial charge is 0.176 e. The van der Waals surface area contributed by atoms with Crippen LogP contribution in [0.15, 0.2) is 51.5 Å². The molecule has 1 aromatic carbocycles. The minimum Gasteiger partial charge on any atom is -0.493 e. The second-order valence-electron chi connectivity index (χ2n) is 5.88. The lowest BCUT2D eigenvalue weighted by Crippen LogP contribution is -2.36. The lowest BCUT2D eigenvalue weighted by atomic mass is 10.0. The molecule has 0 bridgehead atoms. The van der Waals surface area contributed by atoms with Crippen molar-refractivity contribution in [3.05, 3.63) is 54.2 Å². The van der Waals surface area contributed by atoms with E-state index in [1.165, 1.54) is 0 Å². The van der Waals surface area contributed by atoms with Crippen molar-refractivity contribution in [2.45, 2.75) is 25.5 Å². The van der Waals surface area contributed by atoms with Crippen molar-refractivity contribution < 1.29 is 18.7 Å². The first-order chi connectivity index (χ1) is 11.0. The first-order valence-corrected chi connectivity index (χ1v) is 7.57. The highest BCUT2D eigenvalue weighted by Gasteiger charge is 2.27. The third-order valence-electron chi connectivity index (χ3n) is 3.98. The minimum absolute atomic E-state index is 0.0615. The number of hydrogen-bond acceptors (Lipinski definition) is 5. The standard InChI is InChI=1S/C18H21NO4/c1-12(19-11-18(2,20)16-8-5-9-22-16)15-10-13-6-4-7-14(21-3)17(13)23-15/h4-10,12,19-20H,11H2,1-3H3/t12-,18+/m1/s1. The van der Waals surface area contributed by atoms with Crippen LogP contribution in [0.4, 0.5) is 0 Å². The molecule has 2 aromatic heterocycles. The van der Waals surface area contributed by atoms with Gasteiger partial charge in [-0.25, -0.2) is 0 Å². The molecule has 0 aliphatic rings. The van der Waals surface area contributed by atoms with E-state index >= 15 is 0 Å². The molecule has 2 N–H and O–H groups in total. The first kappa shape index (κ1) is 15.6. The van der Waals surface area contributed by atoms with Crippen LogP contribution in [-0.2, 0) is 5.60 Å². The summed E-state index contributed by atoms with van der Waals surface area (Å²) in [6.07, 6.45) is 1.55. The zero-order valence-electron chi connectivity index (χ0n) is 13.5. The van der Waals surface area contributed by atoms with Gasteiger partial charge in [0.1, 0.15) is 17.1 Å². The molecule has 23 heavy (non-hydrogen) atoms. The highest BCUT2D eigenvalue weighted by molar-refractivity contribution is 5.83. The van der Waals surface area contributed by atoms with Crippen molar-refractivity contribution in [2.75, 3.05) is 13.7 Å². The molecule has 3 rings (SSSR count). The van der Waals surface area contributed by atoms with Gasteiger partial charge in [-0.3, -0.25) is 0 Å². The number of para-hydroxylation sites is 1. The molecule has 3 aromatic rings. The molecule has 0 radical (unpaired) electrons. The molecule has 0 saturated carbocycles. The van der Waals surface area contributed by atoms with Crippen LogP contribution in [0.2, 0.25) is 0 Å². The summed E-state index contributed by atoms with van der Waals surface area (Å²) in [6.45, 7) is 4.05. The van der Waals surface area contributed by atoms with Crippen molar-refractivity contribution in [1.29, 1.82) is 0 Å². The summed E-state index contributed by atoms with van der Waals surface area (Å²) < 4.78 is 16.5. The minimum atomic E-state index is -1.08. The van der Waals surface area contributed by atoms with Gasteiger partial charge in [0, 0.05) is 11.9 Å². The predicted octanol–water partition coefficient (Wildman–Crippen LogP) is 3.59. The number of hydrogen-bond donors (Lipinski definition) is 2. The van der Waals surface area contributed by atoms with Gasteiger partial charge < -0.3 is 24.0 Å². The molecule has 0 amide bonds. The third-order valence-corrected chi connectivity index (χ3v) is 3.98. The van der Waals surface area contributed by atoms with Gasteiger partial charge in [-0.15, -0.1) is 0 Å². The van der Waals surface area contributed by atoms with Gasteiger partial charge in [-0.2, -0.15) is 0 Å². The van der Waals surface area contributed by atoms with Crippen LogP contribution in [0, 0.1) is 0 Å². The van der Waals surface area contributed by atoms with Crippen molar-refractivity contribution in [2.24, 2.45) is 0 Å². The number of nitrogens with one attached hydrogen (secondary N) is 1. The molecule has 2 atom stereocenters. The van der Waals surface area contributed by atoms with Crippen molar-refractivity contribution >= 4 is 11.0 Å². The Hall–Kier alpha value is -2.24. The maximum Gasteiger partial charge on any atom is 0.176 e. The van der Waals surface area contributed by atoms with Crippen LogP contribution < -0.4 is 10.1 Å². The Bertz CT molecular complexity index is 774. The average molecular weight is 315 g/mol. The highest BCUT2D eigenvalue weighted by Crippen LogP contribution is 2.31. The molecule has 0 saturated heterocycles. The normalized spacial score (nSPS) is 15.5. The van der Waals surface area contributed by atoms with Gasteiger partial charge in [0.2, 0.25) is 0 Å². The number of ether oxygens (including phenoxy) is 1. The quantitative estimate of drug-likeness (QED) is 0.727. The molecule has 122 valence electrons. The molecular weight excluding hydrogens is 294 g/mol. The molecule has 2 heterocycles. The van der Waals surface area contributed by atoms with Crippen LogP contribution in [0.25, 0.3) is 11.0 Å². The van der Waals surface area contributed by atoms with Crippen molar-refractivity contribution in [1.82, 2.24) is 5.32 Å². The summed E-state index contributed by atoms with van der Waals surface area (Å²) in [5.74, 6) is 2.03. The fraction of sp³-hybridized carbons (Fsp3) is 0.333. The van der Waals surface area contributed by atoms with Gasteiger partial charge in [0.25, 0.3) is 0 Å². The summed E-state index contributed by atoms with van der Waals surface area (Å²) in [6, 6.07) is 11.2. The maximum atomic E-state index is 10.5. The number of furan rings is 2. The van der Waals surface area contributed by atoms with E-state index in [0.29, 0.717) is 18.1 Å². The Kier molecular flexibility index (Phi) is 4.15. The van der Waals surface area contributed by atoms with Crippen LogP contribution >= 0.6 is 0 Å². The Morgan fingerprint density at radius 3 is 2.83 bits per heavy atom. The lowest BCUT2D eigenvalue weighted by Gasteiger charge is -2.23. The van der Waals surface area contributed by atoms with Crippen LogP contribution in [-0.4, -0.2) is 18.8 Å². The van der Waals surface area contributed by atoms with Gasteiger partial charge in [-0.1, -0.05) is 12.1 Å². The van der Waals surface area contributed by atoms with Gasteiger partial charge in [0.15, 0.2) is 11.3 Å². The van der Waals surface area contributed by atoms with E-state index < -0.39 is 5.60 Å². The Balaban J connectivity index is 1.75. The number of rotatable bonds is 6. The largest absolute Gasteiger partial charge is 0.493 e. The first-order valence-electron chi connectivity index (χ1n) is 7.57. The Morgan fingerprint density at radius 2 is 2.13 bits per heavy atom. The highest BCUT2D eigenvalue weighted by atomic mass is 16.5. The predicted molar refractivity (Wildman–Crippen MR) is 87.5 cm³/mol. The SMILES string of the molecule is COc1cccc2cc([C@@H](C)NC[C@](C)(O)c3ccco3)oc12. The maximum absolute atomic E-state index is 10.5. The molecule has 5 heteroatoms. The summed E-state index contributed by atoms with van der Waals surface area (Å²) in [5, 5.41) is 14.8. The van der Waals surface area contributed by atoms with Crippen molar-refractivity contribution in [3.63, 3.8) is 0 Å². The fourth-order valence-electron chi connectivity index (χ4n) is 2.55. The average Bonchev–Trinajstić information content (AvgIpc) is 3.21. The molecule has 0 aliphatic heterocycles. The van der Waals surface area contributed by atoms with E-state index in [-0.39, 0.29) is 6.04 Å². The number of methoxy groups -OCH3 is 1. The molecule has 5 nitrogen and oxygen atoms in total. The van der Waals surface area contributed by atoms with Crippen LogP contribution in [0.3, 0.4) is 0 Å². The second kappa shape index (κ2) is 6.10. The fourth-order valence-corrected chi connectivity index (χ4v) is 2.55. The topological polar surface area (TPSA) is 67.8 Å². The zero-order valence-corrected chi connectivity index (χ0v) is 13.5. The summed E-state index contributed by atoms with van der Waals surface area (Å²) in [7, 11) is 1.62. The monoisotopic (exact) mass is 315 g/mol. The Morgan fingerprint density at radius 1 is 1.30 bits per heavy atom. The number of fused-ring (bicyclic) bond motifs is 1. The third kappa shape index (κ3) is 3.11. The van der Waals surface area contributed by atoms with Gasteiger partial charge in [0.05, 0.1) is 19.4 Å². The van der Waals surface area contributed by atoms with E-state index in [2.05, 4.69) is 5.32 Å².